The molecule has 19 heavy (non-hydrogen) atoms. The lowest BCUT2D eigenvalue weighted by molar-refractivity contribution is 0.0950. The highest BCUT2D eigenvalue weighted by Crippen LogP contribution is 2.27. The van der Waals surface area contributed by atoms with Gasteiger partial charge < -0.3 is 19.2 Å². The van der Waals surface area contributed by atoms with Gasteiger partial charge in [-0.3, -0.25) is 4.79 Å². The molecule has 2 rings (SSSR count). The highest BCUT2D eigenvalue weighted by Gasteiger charge is 2.08. The van der Waals surface area contributed by atoms with E-state index in [2.05, 4.69) is 5.32 Å². The molecule has 0 aliphatic carbocycles. The second-order valence-corrected chi connectivity index (χ2v) is 3.88. The quantitative estimate of drug-likeness (QED) is 0.896. The topological polar surface area (TPSA) is 60.7 Å². The van der Waals surface area contributed by atoms with Crippen molar-refractivity contribution in [1.82, 2.24) is 5.32 Å². The van der Waals surface area contributed by atoms with Crippen LogP contribution in [0.1, 0.15) is 15.9 Å². The molecule has 1 aromatic carbocycles. The summed E-state index contributed by atoms with van der Waals surface area (Å²) in [6.45, 7) is 0.407. The van der Waals surface area contributed by atoms with Crippen LogP contribution in [0.25, 0.3) is 0 Å². The smallest absolute Gasteiger partial charge is 0.254 e. The van der Waals surface area contributed by atoms with Crippen LogP contribution in [0.3, 0.4) is 0 Å². The molecule has 1 heterocycles. The van der Waals surface area contributed by atoms with Crippen LogP contribution in [0.5, 0.6) is 11.5 Å². The second kappa shape index (κ2) is 5.95. The Morgan fingerprint density at radius 1 is 1.21 bits per heavy atom. The number of rotatable bonds is 5. The van der Waals surface area contributed by atoms with E-state index in [0.29, 0.717) is 23.6 Å². The van der Waals surface area contributed by atoms with Crippen LogP contribution in [-0.2, 0) is 6.54 Å². The molecule has 0 fully saturated rings. The van der Waals surface area contributed by atoms with Gasteiger partial charge in [0.2, 0.25) is 0 Å². The van der Waals surface area contributed by atoms with Gasteiger partial charge in [-0.15, -0.1) is 0 Å². The van der Waals surface area contributed by atoms with Crippen molar-refractivity contribution < 1.29 is 18.7 Å². The molecule has 0 bridgehead atoms. The highest BCUT2D eigenvalue weighted by atomic mass is 16.5. The molecule has 1 N–H and O–H groups in total. The second-order valence-electron chi connectivity index (χ2n) is 3.88. The maximum absolute atomic E-state index is 11.7. The minimum Gasteiger partial charge on any atom is -0.493 e. The van der Waals surface area contributed by atoms with E-state index in [1.54, 1.807) is 26.4 Å². The Morgan fingerprint density at radius 2 is 2.00 bits per heavy atom. The molecule has 0 spiro atoms. The van der Waals surface area contributed by atoms with Gasteiger partial charge in [0.1, 0.15) is 6.26 Å². The van der Waals surface area contributed by atoms with Crippen LogP contribution in [-0.4, -0.2) is 20.1 Å². The van der Waals surface area contributed by atoms with Gasteiger partial charge in [0.05, 0.1) is 26.0 Å². The molecule has 1 amide bonds. The molecule has 0 unspecified atom stereocenters. The molecular formula is C14H15NO4. The van der Waals surface area contributed by atoms with Gasteiger partial charge in [-0.25, -0.2) is 0 Å². The van der Waals surface area contributed by atoms with Crippen molar-refractivity contribution in [3.63, 3.8) is 0 Å². The van der Waals surface area contributed by atoms with E-state index >= 15 is 0 Å². The third-order valence-electron chi connectivity index (χ3n) is 2.68. The largest absolute Gasteiger partial charge is 0.493 e. The predicted molar refractivity (Wildman–Crippen MR) is 69.4 cm³/mol. The van der Waals surface area contributed by atoms with Crippen molar-refractivity contribution in [2.75, 3.05) is 14.2 Å². The van der Waals surface area contributed by atoms with Crippen LogP contribution >= 0.6 is 0 Å². The summed E-state index contributed by atoms with van der Waals surface area (Å²) in [5.41, 5.74) is 1.43. The Kier molecular flexibility index (Phi) is 4.07. The fourth-order valence-corrected chi connectivity index (χ4v) is 1.67. The first-order chi connectivity index (χ1) is 9.24. The number of ether oxygens (including phenoxy) is 2. The maximum Gasteiger partial charge on any atom is 0.254 e. The minimum atomic E-state index is -0.177. The van der Waals surface area contributed by atoms with E-state index in [1.807, 2.05) is 12.1 Å². The van der Waals surface area contributed by atoms with Gasteiger partial charge in [-0.1, -0.05) is 6.07 Å². The number of nitrogens with one attached hydrogen (secondary N) is 1. The van der Waals surface area contributed by atoms with Crippen molar-refractivity contribution in [3.8, 4) is 11.5 Å². The first-order valence-corrected chi connectivity index (χ1v) is 5.76. The number of carbonyl (C=O) groups excluding carboxylic acids is 1. The average molecular weight is 261 g/mol. The lowest BCUT2D eigenvalue weighted by atomic mass is 10.2. The third-order valence-corrected chi connectivity index (χ3v) is 2.68. The zero-order chi connectivity index (χ0) is 13.7. The third kappa shape index (κ3) is 3.07. The van der Waals surface area contributed by atoms with Gasteiger partial charge in [-0.05, 0) is 23.8 Å². The van der Waals surface area contributed by atoms with E-state index < -0.39 is 0 Å². The van der Waals surface area contributed by atoms with Gasteiger partial charge in [0, 0.05) is 6.54 Å². The van der Waals surface area contributed by atoms with Gasteiger partial charge in [-0.2, -0.15) is 0 Å². The maximum atomic E-state index is 11.7. The molecule has 0 saturated carbocycles. The Hall–Kier alpha value is -2.43. The number of hydrogen-bond donors (Lipinski definition) is 1. The number of amides is 1. The summed E-state index contributed by atoms with van der Waals surface area (Å²) in [7, 11) is 3.16. The van der Waals surface area contributed by atoms with Crippen molar-refractivity contribution in [2.45, 2.75) is 6.54 Å². The van der Waals surface area contributed by atoms with Gasteiger partial charge >= 0.3 is 0 Å². The number of methoxy groups -OCH3 is 2. The van der Waals surface area contributed by atoms with E-state index in [4.69, 9.17) is 13.9 Å². The molecule has 5 nitrogen and oxygen atoms in total. The number of carbonyl (C=O) groups is 1. The standard InChI is InChI=1S/C14H15NO4/c1-17-12-4-3-10(7-13(12)18-2)8-15-14(16)11-5-6-19-9-11/h3-7,9H,8H2,1-2H3,(H,15,16). The number of furan rings is 1. The Labute approximate surface area is 111 Å². The normalized spacial score (nSPS) is 10.0. The highest BCUT2D eigenvalue weighted by molar-refractivity contribution is 5.93. The van der Waals surface area contributed by atoms with Crippen molar-refractivity contribution in [1.29, 1.82) is 0 Å². The zero-order valence-corrected chi connectivity index (χ0v) is 10.8. The van der Waals surface area contributed by atoms with E-state index in [1.165, 1.54) is 12.5 Å². The summed E-state index contributed by atoms with van der Waals surface area (Å²) in [6.07, 6.45) is 2.87. The van der Waals surface area contributed by atoms with Gasteiger partial charge in [0.25, 0.3) is 5.91 Å². The molecule has 5 heteroatoms. The predicted octanol–water partition coefficient (Wildman–Crippen LogP) is 2.23. The minimum absolute atomic E-state index is 0.177. The molecule has 0 radical (unpaired) electrons. The summed E-state index contributed by atoms with van der Waals surface area (Å²) < 4.78 is 15.2. The molecule has 1 aromatic heterocycles. The summed E-state index contributed by atoms with van der Waals surface area (Å²) >= 11 is 0. The van der Waals surface area contributed by atoms with Crippen LogP contribution in [0, 0.1) is 0 Å². The van der Waals surface area contributed by atoms with Crippen LogP contribution in [0.2, 0.25) is 0 Å². The van der Waals surface area contributed by atoms with Crippen LogP contribution < -0.4 is 14.8 Å². The van der Waals surface area contributed by atoms with E-state index in [9.17, 15) is 4.79 Å². The molecule has 100 valence electrons. The Bertz CT molecular complexity index is 549. The molecule has 0 aliphatic heterocycles. The van der Waals surface area contributed by atoms with Crippen molar-refractivity contribution in [3.05, 3.63) is 47.9 Å². The molecular weight excluding hydrogens is 246 g/mol. The Balaban J connectivity index is 2.02. The molecule has 2 aromatic rings. The molecule has 0 saturated heterocycles. The molecule has 0 aliphatic rings. The van der Waals surface area contributed by atoms with Gasteiger partial charge in [0.15, 0.2) is 11.5 Å². The monoisotopic (exact) mass is 261 g/mol. The fraction of sp³-hybridized carbons (Fsp3) is 0.214. The first kappa shape index (κ1) is 13.0. The van der Waals surface area contributed by atoms with Crippen molar-refractivity contribution in [2.24, 2.45) is 0 Å². The lowest BCUT2D eigenvalue weighted by Gasteiger charge is -2.10. The zero-order valence-electron chi connectivity index (χ0n) is 10.8. The fourth-order valence-electron chi connectivity index (χ4n) is 1.67. The number of benzene rings is 1. The van der Waals surface area contributed by atoms with Crippen LogP contribution in [0.15, 0.2) is 41.2 Å². The summed E-state index contributed by atoms with van der Waals surface area (Å²) in [4.78, 5) is 11.7. The summed E-state index contributed by atoms with van der Waals surface area (Å²) in [5.74, 6) is 1.12. The first-order valence-electron chi connectivity index (χ1n) is 5.76. The van der Waals surface area contributed by atoms with Crippen molar-refractivity contribution >= 4 is 5.91 Å². The summed E-state index contributed by atoms with van der Waals surface area (Å²) in [5, 5.41) is 2.79. The van der Waals surface area contributed by atoms with Crippen LogP contribution in [0.4, 0.5) is 0 Å². The molecule has 0 atom stereocenters. The Morgan fingerprint density at radius 3 is 2.63 bits per heavy atom. The lowest BCUT2D eigenvalue weighted by Crippen LogP contribution is -2.22. The number of hydrogen-bond acceptors (Lipinski definition) is 4. The average Bonchev–Trinajstić information content (AvgIpc) is 2.98. The van der Waals surface area contributed by atoms with E-state index in [-0.39, 0.29) is 5.91 Å². The van der Waals surface area contributed by atoms with E-state index in [0.717, 1.165) is 5.56 Å². The SMILES string of the molecule is COc1ccc(CNC(=O)c2ccoc2)cc1OC. The summed E-state index contributed by atoms with van der Waals surface area (Å²) in [6, 6.07) is 7.12.